The zero-order valence-corrected chi connectivity index (χ0v) is 7.64. The molecule has 1 aliphatic rings. The predicted molar refractivity (Wildman–Crippen MR) is 51.8 cm³/mol. The molecule has 2 rings (SSSR count). The summed E-state index contributed by atoms with van der Waals surface area (Å²) in [6.07, 6.45) is 0.630. The Kier molecular flexibility index (Phi) is 1.88. The van der Waals surface area contributed by atoms with Crippen LogP contribution in [0.15, 0.2) is 18.2 Å². The average molecular weight is 197 g/mol. The lowest BCUT2D eigenvalue weighted by Gasteiger charge is -2.04. The molecule has 3 N–H and O–H groups in total. The van der Waals surface area contributed by atoms with Gasteiger partial charge in [0.1, 0.15) is 6.04 Å². The number of nitrogens with one attached hydrogen (secondary N) is 1. The molecule has 0 aliphatic carbocycles. The average Bonchev–Trinajstić information content (AvgIpc) is 2.46. The first-order chi connectivity index (χ1) is 6.16. The molecule has 0 spiro atoms. The third-order valence-electron chi connectivity index (χ3n) is 2.16. The second-order valence-corrected chi connectivity index (χ2v) is 3.54. The molecule has 1 heterocycles. The standard InChI is InChI=1S/C9H9ClN2O/c10-6-1-2-7-5(3-6)4-8(12-7)9(11)13/h1-3,8,12H,4H2,(H2,11,13). The van der Waals surface area contributed by atoms with Crippen molar-refractivity contribution in [1.82, 2.24) is 0 Å². The highest BCUT2D eigenvalue weighted by atomic mass is 35.5. The highest BCUT2D eigenvalue weighted by molar-refractivity contribution is 6.30. The molecule has 3 nitrogen and oxygen atoms in total. The van der Waals surface area contributed by atoms with Gasteiger partial charge < -0.3 is 11.1 Å². The summed E-state index contributed by atoms with van der Waals surface area (Å²) in [5.74, 6) is -0.327. The molecule has 1 aliphatic heterocycles. The van der Waals surface area contributed by atoms with E-state index in [9.17, 15) is 4.79 Å². The summed E-state index contributed by atoms with van der Waals surface area (Å²) < 4.78 is 0. The number of hydrogen-bond acceptors (Lipinski definition) is 2. The monoisotopic (exact) mass is 196 g/mol. The van der Waals surface area contributed by atoms with Gasteiger partial charge in [-0.05, 0) is 23.8 Å². The van der Waals surface area contributed by atoms with Crippen molar-refractivity contribution in [2.75, 3.05) is 5.32 Å². The number of anilines is 1. The minimum atomic E-state index is -0.327. The maximum atomic E-state index is 10.9. The van der Waals surface area contributed by atoms with E-state index in [1.54, 1.807) is 6.07 Å². The summed E-state index contributed by atoms with van der Waals surface area (Å²) in [7, 11) is 0. The van der Waals surface area contributed by atoms with E-state index in [1.165, 1.54) is 0 Å². The summed E-state index contributed by atoms with van der Waals surface area (Å²) >= 11 is 5.81. The molecular weight excluding hydrogens is 188 g/mol. The molecule has 13 heavy (non-hydrogen) atoms. The van der Waals surface area contributed by atoms with Crippen LogP contribution in [0.4, 0.5) is 5.69 Å². The van der Waals surface area contributed by atoms with E-state index in [-0.39, 0.29) is 11.9 Å². The van der Waals surface area contributed by atoms with Crippen molar-refractivity contribution in [3.05, 3.63) is 28.8 Å². The van der Waals surface area contributed by atoms with Gasteiger partial charge in [0.05, 0.1) is 0 Å². The number of amides is 1. The second-order valence-electron chi connectivity index (χ2n) is 3.10. The third kappa shape index (κ3) is 1.47. The van der Waals surface area contributed by atoms with Crippen LogP contribution in [0, 0.1) is 0 Å². The molecule has 1 atom stereocenters. The Labute approximate surface area is 80.9 Å². The van der Waals surface area contributed by atoms with Crippen molar-refractivity contribution in [3.63, 3.8) is 0 Å². The van der Waals surface area contributed by atoms with Gasteiger partial charge in [0.2, 0.25) is 5.91 Å². The van der Waals surface area contributed by atoms with Crippen molar-refractivity contribution in [2.24, 2.45) is 5.73 Å². The summed E-state index contributed by atoms with van der Waals surface area (Å²) in [6, 6.07) is 5.22. The maximum absolute atomic E-state index is 10.9. The van der Waals surface area contributed by atoms with Crippen molar-refractivity contribution < 1.29 is 4.79 Å². The van der Waals surface area contributed by atoms with Gasteiger partial charge in [-0.25, -0.2) is 0 Å². The number of halogens is 1. The molecule has 1 aromatic rings. The van der Waals surface area contributed by atoms with Crippen LogP contribution in [0.2, 0.25) is 5.02 Å². The molecule has 0 radical (unpaired) electrons. The van der Waals surface area contributed by atoms with E-state index in [0.717, 1.165) is 11.3 Å². The fourth-order valence-electron chi connectivity index (χ4n) is 1.50. The number of hydrogen-bond donors (Lipinski definition) is 2. The van der Waals surface area contributed by atoms with Gasteiger partial charge in [-0.3, -0.25) is 4.79 Å². The Hall–Kier alpha value is -1.22. The molecule has 0 fully saturated rings. The van der Waals surface area contributed by atoms with E-state index in [1.807, 2.05) is 12.1 Å². The molecule has 1 amide bonds. The highest BCUT2D eigenvalue weighted by Crippen LogP contribution is 2.28. The van der Waals surface area contributed by atoms with Crippen LogP contribution in [0.5, 0.6) is 0 Å². The van der Waals surface area contributed by atoms with Crippen LogP contribution in [0.25, 0.3) is 0 Å². The number of carbonyl (C=O) groups excluding carboxylic acids is 1. The molecule has 0 aromatic heterocycles. The normalized spacial score (nSPS) is 19.3. The van der Waals surface area contributed by atoms with Crippen molar-refractivity contribution in [3.8, 4) is 0 Å². The summed E-state index contributed by atoms with van der Waals surface area (Å²) in [4.78, 5) is 10.9. The zero-order chi connectivity index (χ0) is 9.42. The minimum absolute atomic E-state index is 0.284. The first-order valence-corrected chi connectivity index (χ1v) is 4.39. The van der Waals surface area contributed by atoms with Crippen LogP contribution < -0.4 is 11.1 Å². The Morgan fingerprint density at radius 3 is 3.08 bits per heavy atom. The highest BCUT2D eigenvalue weighted by Gasteiger charge is 2.24. The Morgan fingerprint density at radius 1 is 1.62 bits per heavy atom. The maximum Gasteiger partial charge on any atom is 0.240 e. The smallest absolute Gasteiger partial charge is 0.240 e. The number of primary amides is 1. The molecule has 1 unspecified atom stereocenters. The molecule has 0 saturated heterocycles. The van der Waals surface area contributed by atoms with Crippen LogP contribution in [-0.2, 0) is 11.2 Å². The lowest BCUT2D eigenvalue weighted by molar-refractivity contribution is -0.118. The zero-order valence-electron chi connectivity index (χ0n) is 6.88. The van der Waals surface area contributed by atoms with Crippen molar-refractivity contribution >= 4 is 23.2 Å². The summed E-state index contributed by atoms with van der Waals surface area (Å²) in [6.45, 7) is 0. The van der Waals surface area contributed by atoms with Crippen LogP contribution in [0.1, 0.15) is 5.56 Å². The van der Waals surface area contributed by atoms with Gasteiger partial charge >= 0.3 is 0 Å². The van der Waals surface area contributed by atoms with Gasteiger partial charge in [-0.2, -0.15) is 0 Å². The molecule has 0 saturated carbocycles. The molecule has 1 aromatic carbocycles. The predicted octanol–water partition coefficient (Wildman–Crippen LogP) is 1.16. The van der Waals surface area contributed by atoms with E-state index in [2.05, 4.69) is 5.32 Å². The fraction of sp³-hybridized carbons (Fsp3) is 0.222. The Bertz CT molecular complexity index is 365. The first-order valence-electron chi connectivity index (χ1n) is 4.01. The minimum Gasteiger partial charge on any atom is -0.373 e. The molecule has 68 valence electrons. The second kappa shape index (κ2) is 2.92. The van der Waals surface area contributed by atoms with Gasteiger partial charge in [0.25, 0.3) is 0 Å². The number of carbonyl (C=O) groups is 1. The Balaban J connectivity index is 2.30. The van der Waals surface area contributed by atoms with Gasteiger partial charge in [0, 0.05) is 17.1 Å². The SMILES string of the molecule is NC(=O)C1Cc2cc(Cl)ccc2N1. The van der Waals surface area contributed by atoms with Crippen LogP contribution in [-0.4, -0.2) is 11.9 Å². The lowest BCUT2D eigenvalue weighted by atomic mass is 10.1. The van der Waals surface area contributed by atoms with E-state index < -0.39 is 0 Å². The number of nitrogens with two attached hydrogens (primary N) is 1. The van der Waals surface area contributed by atoms with E-state index >= 15 is 0 Å². The lowest BCUT2D eigenvalue weighted by Crippen LogP contribution is -2.33. The Morgan fingerprint density at radius 2 is 2.38 bits per heavy atom. The molecular formula is C9H9ClN2O. The number of fused-ring (bicyclic) bond motifs is 1. The molecule has 4 heteroatoms. The van der Waals surface area contributed by atoms with Gasteiger partial charge in [0.15, 0.2) is 0 Å². The van der Waals surface area contributed by atoms with Gasteiger partial charge in [-0.15, -0.1) is 0 Å². The van der Waals surface area contributed by atoms with Crippen LogP contribution in [0.3, 0.4) is 0 Å². The first kappa shape index (κ1) is 8.38. The summed E-state index contributed by atoms with van der Waals surface area (Å²) in [5, 5.41) is 3.71. The largest absolute Gasteiger partial charge is 0.373 e. The van der Waals surface area contributed by atoms with E-state index in [0.29, 0.717) is 11.4 Å². The fourth-order valence-corrected chi connectivity index (χ4v) is 1.70. The topological polar surface area (TPSA) is 55.1 Å². The number of rotatable bonds is 1. The quantitative estimate of drug-likeness (QED) is 0.708. The third-order valence-corrected chi connectivity index (χ3v) is 2.40. The van der Waals surface area contributed by atoms with Gasteiger partial charge in [-0.1, -0.05) is 11.6 Å². The number of benzene rings is 1. The van der Waals surface area contributed by atoms with Crippen molar-refractivity contribution in [1.29, 1.82) is 0 Å². The van der Waals surface area contributed by atoms with Crippen molar-refractivity contribution in [2.45, 2.75) is 12.5 Å². The van der Waals surface area contributed by atoms with Crippen LogP contribution >= 0.6 is 11.6 Å². The van der Waals surface area contributed by atoms with E-state index in [4.69, 9.17) is 17.3 Å². The molecule has 0 bridgehead atoms. The summed E-state index contributed by atoms with van der Waals surface area (Å²) in [5.41, 5.74) is 7.18.